The lowest BCUT2D eigenvalue weighted by Gasteiger charge is -2.22. The van der Waals surface area contributed by atoms with Gasteiger partial charge in [0.05, 0.1) is 6.61 Å². The van der Waals surface area contributed by atoms with Gasteiger partial charge in [-0.05, 0) is 12.5 Å². The van der Waals surface area contributed by atoms with E-state index in [0.717, 1.165) is 5.56 Å². The molecular formula is C15H18F3NO2. The smallest absolute Gasteiger partial charge is 0.404 e. The summed E-state index contributed by atoms with van der Waals surface area (Å²) in [7, 11) is 0. The van der Waals surface area contributed by atoms with Gasteiger partial charge in [-0.2, -0.15) is 13.2 Å². The fraction of sp³-hybridized carbons (Fsp3) is 0.400. The second kappa shape index (κ2) is 7.83. The molecule has 116 valence electrons. The van der Waals surface area contributed by atoms with Crippen molar-refractivity contribution >= 4 is 5.97 Å². The van der Waals surface area contributed by atoms with Gasteiger partial charge >= 0.3 is 12.1 Å². The van der Waals surface area contributed by atoms with Crippen LogP contribution in [0.5, 0.6) is 0 Å². The number of rotatable bonds is 7. The third-order valence-corrected chi connectivity index (χ3v) is 2.81. The van der Waals surface area contributed by atoms with E-state index in [2.05, 4.69) is 16.6 Å². The van der Waals surface area contributed by atoms with Crippen molar-refractivity contribution in [3.05, 3.63) is 48.0 Å². The predicted octanol–water partition coefficient (Wildman–Crippen LogP) is 3.22. The first-order valence-electron chi connectivity index (χ1n) is 6.53. The van der Waals surface area contributed by atoms with Gasteiger partial charge < -0.3 is 10.1 Å². The lowest BCUT2D eigenvalue weighted by molar-refractivity contribution is -0.157. The molecule has 0 saturated carbocycles. The summed E-state index contributed by atoms with van der Waals surface area (Å²) in [6.45, 7) is 5.11. The molecule has 3 nitrogen and oxygen atoms in total. The number of benzene rings is 1. The Hall–Kier alpha value is -1.82. The molecule has 0 fully saturated rings. The molecule has 1 aromatic carbocycles. The molecule has 1 aromatic rings. The zero-order chi connectivity index (χ0) is 15.9. The van der Waals surface area contributed by atoms with Crippen molar-refractivity contribution in [3.63, 3.8) is 0 Å². The van der Waals surface area contributed by atoms with E-state index in [1.54, 1.807) is 37.3 Å². The maximum Gasteiger partial charge on any atom is 0.404 e. The van der Waals surface area contributed by atoms with E-state index in [4.69, 9.17) is 0 Å². The average molecular weight is 301 g/mol. The molecule has 0 heterocycles. The van der Waals surface area contributed by atoms with Crippen molar-refractivity contribution in [1.82, 2.24) is 5.32 Å². The normalized spacial score (nSPS) is 12.8. The van der Waals surface area contributed by atoms with Crippen molar-refractivity contribution in [2.24, 2.45) is 0 Å². The standard InChI is InChI=1S/C15H18F3NO2/c1-3-21-14(20)11(2)9-13(15(16,17)18)19-10-12-7-5-4-6-8-12/h4-8,13,19H,2-3,9-10H2,1H3. The summed E-state index contributed by atoms with van der Waals surface area (Å²) < 4.78 is 43.6. The first kappa shape index (κ1) is 17.2. The number of esters is 1. The van der Waals surface area contributed by atoms with Gasteiger partial charge in [-0.25, -0.2) is 4.79 Å². The lowest BCUT2D eigenvalue weighted by atomic mass is 10.1. The van der Waals surface area contributed by atoms with E-state index in [1.807, 2.05) is 0 Å². The Labute approximate surface area is 121 Å². The minimum absolute atomic E-state index is 0.0567. The summed E-state index contributed by atoms with van der Waals surface area (Å²) in [5.41, 5.74) is 0.535. The van der Waals surface area contributed by atoms with Crippen LogP contribution >= 0.6 is 0 Å². The predicted molar refractivity (Wildman–Crippen MR) is 73.5 cm³/mol. The third kappa shape index (κ3) is 5.99. The molecule has 0 amide bonds. The van der Waals surface area contributed by atoms with Crippen molar-refractivity contribution in [1.29, 1.82) is 0 Å². The quantitative estimate of drug-likeness (QED) is 0.621. The number of hydrogen-bond donors (Lipinski definition) is 1. The van der Waals surface area contributed by atoms with E-state index >= 15 is 0 Å². The van der Waals surface area contributed by atoms with Crippen LogP contribution < -0.4 is 5.32 Å². The number of alkyl halides is 3. The van der Waals surface area contributed by atoms with Gasteiger partial charge in [0, 0.05) is 18.5 Å². The molecule has 0 aliphatic heterocycles. The van der Waals surface area contributed by atoms with Crippen LogP contribution in [0.4, 0.5) is 13.2 Å². The first-order valence-corrected chi connectivity index (χ1v) is 6.53. The van der Waals surface area contributed by atoms with Crippen LogP contribution in [0.1, 0.15) is 18.9 Å². The largest absolute Gasteiger partial charge is 0.463 e. The Bertz CT molecular complexity index is 472. The fourth-order valence-corrected chi connectivity index (χ4v) is 1.70. The second-order valence-corrected chi connectivity index (χ2v) is 4.49. The first-order chi connectivity index (χ1) is 9.84. The Morgan fingerprint density at radius 1 is 1.33 bits per heavy atom. The van der Waals surface area contributed by atoms with E-state index in [-0.39, 0.29) is 18.7 Å². The van der Waals surface area contributed by atoms with Crippen LogP contribution in [-0.2, 0) is 16.1 Å². The third-order valence-electron chi connectivity index (χ3n) is 2.81. The molecule has 0 aliphatic carbocycles. The van der Waals surface area contributed by atoms with Gasteiger partial charge in [-0.15, -0.1) is 0 Å². The zero-order valence-electron chi connectivity index (χ0n) is 11.7. The number of nitrogens with one attached hydrogen (secondary N) is 1. The van der Waals surface area contributed by atoms with Gasteiger partial charge in [0.1, 0.15) is 6.04 Å². The SMILES string of the molecule is C=C(CC(NCc1ccccc1)C(F)(F)F)C(=O)OCC. The summed E-state index contributed by atoms with van der Waals surface area (Å²) in [6.07, 6.45) is -5.00. The van der Waals surface area contributed by atoms with E-state index in [9.17, 15) is 18.0 Å². The molecule has 0 bridgehead atoms. The van der Waals surface area contributed by atoms with Crippen LogP contribution in [-0.4, -0.2) is 24.8 Å². The maximum atomic E-state index is 13.0. The highest BCUT2D eigenvalue weighted by Gasteiger charge is 2.40. The Morgan fingerprint density at radius 3 is 2.48 bits per heavy atom. The highest BCUT2D eigenvalue weighted by Crippen LogP contribution is 2.25. The molecule has 0 radical (unpaired) electrons. The summed E-state index contributed by atoms with van der Waals surface area (Å²) >= 11 is 0. The van der Waals surface area contributed by atoms with Crippen LogP contribution in [0.3, 0.4) is 0 Å². The molecular weight excluding hydrogens is 283 g/mol. The Kier molecular flexibility index (Phi) is 6.42. The summed E-state index contributed by atoms with van der Waals surface area (Å²) in [5.74, 6) is -0.798. The zero-order valence-corrected chi connectivity index (χ0v) is 11.7. The van der Waals surface area contributed by atoms with Gasteiger partial charge in [-0.3, -0.25) is 0 Å². The number of carbonyl (C=O) groups is 1. The molecule has 0 spiro atoms. The summed E-state index contributed by atoms with van der Waals surface area (Å²) in [6, 6.07) is 6.89. The Balaban J connectivity index is 2.65. The van der Waals surface area contributed by atoms with Crippen molar-refractivity contribution in [3.8, 4) is 0 Å². The molecule has 1 unspecified atom stereocenters. The topological polar surface area (TPSA) is 38.3 Å². The molecule has 6 heteroatoms. The van der Waals surface area contributed by atoms with Crippen LogP contribution in [0, 0.1) is 0 Å². The average Bonchev–Trinajstić information content (AvgIpc) is 2.43. The Morgan fingerprint density at radius 2 is 1.95 bits per heavy atom. The number of halogens is 3. The second-order valence-electron chi connectivity index (χ2n) is 4.49. The van der Waals surface area contributed by atoms with E-state index in [0.29, 0.717) is 0 Å². The van der Waals surface area contributed by atoms with E-state index < -0.39 is 24.6 Å². The number of ether oxygens (including phenoxy) is 1. The molecule has 1 atom stereocenters. The van der Waals surface area contributed by atoms with Crippen LogP contribution in [0.15, 0.2) is 42.5 Å². The minimum atomic E-state index is -4.47. The van der Waals surface area contributed by atoms with Gasteiger partial charge in [0.2, 0.25) is 0 Å². The molecule has 1 N–H and O–H groups in total. The minimum Gasteiger partial charge on any atom is -0.463 e. The van der Waals surface area contributed by atoms with Gasteiger partial charge in [0.15, 0.2) is 0 Å². The number of carbonyl (C=O) groups excluding carboxylic acids is 1. The molecule has 0 aliphatic rings. The number of hydrogen-bond acceptors (Lipinski definition) is 3. The van der Waals surface area contributed by atoms with Crippen molar-refractivity contribution < 1.29 is 22.7 Å². The fourth-order valence-electron chi connectivity index (χ4n) is 1.70. The molecule has 0 saturated heterocycles. The lowest BCUT2D eigenvalue weighted by Crippen LogP contribution is -2.42. The molecule has 0 aromatic heterocycles. The summed E-state index contributed by atoms with van der Waals surface area (Å²) in [4.78, 5) is 11.4. The molecule has 1 rings (SSSR count). The van der Waals surface area contributed by atoms with Gasteiger partial charge in [-0.1, -0.05) is 36.9 Å². The van der Waals surface area contributed by atoms with Crippen molar-refractivity contribution in [2.75, 3.05) is 6.61 Å². The maximum absolute atomic E-state index is 13.0. The van der Waals surface area contributed by atoms with E-state index in [1.165, 1.54) is 0 Å². The molecule has 21 heavy (non-hydrogen) atoms. The monoisotopic (exact) mass is 301 g/mol. The van der Waals surface area contributed by atoms with Crippen molar-refractivity contribution in [2.45, 2.75) is 32.1 Å². The highest BCUT2D eigenvalue weighted by atomic mass is 19.4. The van der Waals surface area contributed by atoms with Crippen LogP contribution in [0.2, 0.25) is 0 Å². The highest BCUT2D eigenvalue weighted by molar-refractivity contribution is 5.87. The summed E-state index contributed by atoms with van der Waals surface area (Å²) in [5, 5.41) is 2.41. The van der Waals surface area contributed by atoms with Gasteiger partial charge in [0.25, 0.3) is 0 Å². The van der Waals surface area contributed by atoms with Crippen LogP contribution in [0.25, 0.3) is 0 Å².